The van der Waals surface area contributed by atoms with E-state index in [4.69, 9.17) is 10.5 Å². The lowest BCUT2D eigenvalue weighted by Gasteiger charge is -2.23. The van der Waals surface area contributed by atoms with Gasteiger partial charge in [0.2, 0.25) is 0 Å². The third-order valence-electron chi connectivity index (χ3n) is 3.22. The first-order valence-corrected chi connectivity index (χ1v) is 7.45. The van der Waals surface area contributed by atoms with Gasteiger partial charge in [0, 0.05) is 11.0 Å². The Bertz CT molecular complexity index is 438. The molecule has 0 bridgehead atoms. The molecule has 20 heavy (non-hydrogen) atoms. The van der Waals surface area contributed by atoms with Crippen LogP contribution in [0, 0.1) is 5.92 Å². The fraction of sp³-hybridized carbons (Fsp3) is 0.500. The molecule has 0 radical (unpaired) electrons. The van der Waals surface area contributed by atoms with E-state index >= 15 is 0 Å². The number of nitrogens with zero attached hydrogens (tertiary/aromatic N) is 1. The van der Waals surface area contributed by atoms with E-state index in [9.17, 15) is 0 Å². The average molecular weight is 454 g/mol. The number of ether oxygens (including phenoxy) is 1. The second-order valence-corrected chi connectivity index (χ2v) is 5.67. The Morgan fingerprint density at radius 2 is 2.25 bits per heavy atom. The molecule has 2 rings (SSSR count). The van der Waals surface area contributed by atoms with Crippen molar-refractivity contribution in [1.82, 2.24) is 5.32 Å². The van der Waals surface area contributed by atoms with Crippen LogP contribution in [0.1, 0.15) is 19.3 Å². The fourth-order valence-electron chi connectivity index (χ4n) is 1.86. The number of benzene rings is 1. The Morgan fingerprint density at radius 1 is 1.45 bits per heavy atom. The Balaban J connectivity index is 0.00000200. The van der Waals surface area contributed by atoms with Crippen LogP contribution in [-0.4, -0.2) is 25.7 Å². The topological polar surface area (TPSA) is 59.6 Å². The van der Waals surface area contributed by atoms with Gasteiger partial charge in [0.25, 0.3) is 0 Å². The van der Waals surface area contributed by atoms with Gasteiger partial charge in [-0.25, -0.2) is 0 Å². The van der Waals surface area contributed by atoms with Crippen molar-refractivity contribution in [2.75, 3.05) is 19.7 Å². The summed E-state index contributed by atoms with van der Waals surface area (Å²) in [6.07, 6.45) is 3.93. The summed E-state index contributed by atoms with van der Waals surface area (Å²) in [6, 6.07) is 7.78. The molecule has 1 aliphatic rings. The number of guanidine groups is 1. The molecule has 112 valence electrons. The van der Waals surface area contributed by atoms with Crippen LogP contribution in [0.15, 0.2) is 33.7 Å². The van der Waals surface area contributed by atoms with E-state index in [1.54, 1.807) is 0 Å². The lowest BCUT2D eigenvalue weighted by Crippen LogP contribution is -2.35. The van der Waals surface area contributed by atoms with E-state index in [2.05, 4.69) is 26.2 Å². The quantitative estimate of drug-likeness (QED) is 0.301. The predicted octanol–water partition coefficient (Wildman–Crippen LogP) is 3.15. The van der Waals surface area contributed by atoms with Crippen LogP contribution < -0.4 is 15.8 Å². The maximum atomic E-state index is 5.78. The average Bonchev–Trinajstić information content (AvgIpc) is 2.33. The molecule has 0 unspecified atom stereocenters. The van der Waals surface area contributed by atoms with Gasteiger partial charge >= 0.3 is 0 Å². The van der Waals surface area contributed by atoms with Crippen LogP contribution in [0.4, 0.5) is 0 Å². The van der Waals surface area contributed by atoms with Crippen molar-refractivity contribution in [3.05, 3.63) is 28.7 Å². The van der Waals surface area contributed by atoms with E-state index in [1.807, 2.05) is 24.3 Å². The predicted molar refractivity (Wildman–Crippen MR) is 96.9 cm³/mol. The number of halogens is 2. The number of hydrogen-bond donors (Lipinski definition) is 2. The summed E-state index contributed by atoms with van der Waals surface area (Å²) in [6.45, 7) is 2.08. The molecule has 0 aromatic heterocycles. The second-order valence-electron chi connectivity index (χ2n) is 4.76. The lowest BCUT2D eigenvalue weighted by molar-refractivity contribution is 0.320. The zero-order valence-electron chi connectivity index (χ0n) is 11.3. The fourth-order valence-corrected chi connectivity index (χ4v) is 2.24. The number of nitrogens with one attached hydrogen (secondary N) is 1. The molecule has 0 spiro atoms. The summed E-state index contributed by atoms with van der Waals surface area (Å²) in [5, 5.41) is 3.06. The third kappa shape index (κ3) is 6.30. The number of nitrogens with two attached hydrogens (primary N) is 1. The normalized spacial score (nSPS) is 15.2. The minimum Gasteiger partial charge on any atom is -0.492 e. The maximum absolute atomic E-state index is 5.78. The molecular formula is C14H21BrIN3O. The molecule has 1 aromatic rings. The highest BCUT2D eigenvalue weighted by Gasteiger charge is 2.16. The summed E-state index contributed by atoms with van der Waals surface area (Å²) in [4.78, 5) is 4.33. The van der Waals surface area contributed by atoms with E-state index in [0.717, 1.165) is 22.7 Å². The van der Waals surface area contributed by atoms with Gasteiger partial charge in [-0.15, -0.1) is 24.0 Å². The smallest absolute Gasteiger partial charge is 0.188 e. The van der Waals surface area contributed by atoms with Gasteiger partial charge in [-0.2, -0.15) is 0 Å². The summed E-state index contributed by atoms with van der Waals surface area (Å²) >= 11 is 3.41. The largest absolute Gasteiger partial charge is 0.492 e. The van der Waals surface area contributed by atoms with Gasteiger partial charge in [-0.05, 0) is 37.0 Å². The van der Waals surface area contributed by atoms with E-state index in [1.165, 1.54) is 19.3 Å². The van der Waals surface area contributed by atoms with Crippen molar-refractivity contribution in [2.24, 2.45) is 16.6 Å². The van der Waals surface area contributed by atoms with Crippen molar-refractivity contribution in [2.45, 2.75) is 19.3 Å². The van der Waals surface area contributed by atoms with Crippen LogP contribution in [-0.2, 0) is 0 Å². The third-order valence-corrected chi connectivity index (χ3v) is 3.71. The SMILES string of the molecule is I.NC(=NCC1CCC1)NCCOc1cccc(Br)c1. The Kier molecular flexibility index (Phi) is 8.28. The summed E-state index contributed by atoms with van der Waals surface area (Å²) < 4.78 is 6.61. The Hall–Kier alpha value is -0.500. The molecule has 1 aromatic carbocycles. The molecule has 3 N–H and O–H groups in total. The zero-order valence-corrected chi connectivity index (χ0v) is 15.3. The molecule has 0 heterocycles. The standard InChI is InChI=1S/C14H20BrN3O.HI/c15-12-5-2-6-13(9-12)19-8-7-17-14(16)18-10-11-3-1-4-11;/h2,5-6,9,11H,1,3-4,7-8,10H2,(H3,16,17,18);1H. The van der Waals surface area contributed by atoms with Crippen molar-refractivity contribution >= 4 is 45.9 Å². The Labute approximate surface area is 145 Å². The van der Waals surface area contributed by atoms with Crippen molar-refractivity contribution < 1.29 is 4.74 Å². The molecule has 0 atom stereocenters. The molecule has 0 aliphatic heterocycles. The van der Waals surface area contributed by atoms with Gasteiger partial charge in [0.05, 0.1) is 6.54 Å². The summed E-state index contributed by atoms with van der Waals surface area (Å²) in [5.41, 5.74) is 5.78. The van der Waals surface area contributed by atoms with Crippen LogP contribution in [0.2, 0.25) is 0 Å². The zero-order chi connectivity index (χ0) is 13.5. The first-order chi connectivity index (χ1) is 9.24. The second kappa shape index (κ2) is 9.44. The molecule has 1 aliphatic carbocycles. The number of rotatable bonds is 6. The molecular weight excluding hydrogens is 433 g/mol. The van der Waals surface area contributed by atoms with Crippen LogP contribution in [0.3, 0.4) is 0 Å². The van der Waals surface area contributed by atoms with Gasteiger partial charge in [-0.3, -0.25) is 4.99 Å². The monoisotopic (exact) mass is 453 g/mol. The Morgan fingerprint density at radius 3 is 2.90 bits per heavy atom. The van der Waals surface area contributed by atoms with Crippen molar-refractivity contribution in [3.63, 3.8) is 0 Å². The van der Waals surface area contributed by atoms with Crippen molar-refractivity contribution in [3.8, 4) is 5.75 Å². The molecule has 0 amide bonds. The lowest BCUT2D eigenvalue weighted by atomic mass is 9.86. The van der Waals surface area contributed by atoms with E-state index < -0.39 is 0 Å². The molecule has 1 fully saturated rings. The van der Waals surface area contributed by atoms with Crippen LogP contribution >= 0.6 is 39.9 Å². The van der Waals surface area contributed by atoms with Crippen LogP contribution in [0.5, 0.6) is 5.75 Å². The van der Waals surface area contributed by atoms with Gasteiger partial charge in [0.15, 0.2) is 5.96 Å². The maximum Gasteiger partial charge on any atom is 0.188 e. The van der Waals surface area contributed by atoms with E-state index in [-0.39, 0.29) is 24.0 Å². The first-order valence-electron chi connectivity index (χ1n) is 6.66. The van der Waals surface area contributed by atoms with Gasteiger partial charge < -0.3 is 15.8 Å². The van der Waals surface area contributed by atoms with Gasteiger partial charge in [0.1, 0.15) is 12.4 Å². The highest BCUT2D eigenvalue weighted by Crippen LogP contribution is 2.26. The minimum absolute atomic E-state index is 0. The highest BCUT2D eigenvalue weighted by molar-refractivity contribution is 14.0. The summed E-state index contributed by atoms with van der Waals surface area (Å²) in [7, 11) is 0. The minimum atomic E-state index is 0. The molecule has 0 saturated heterocycles. The summed E-state index contributed by atoms with van der Waals surface area (Å²) in [5.74, 6) is 2.11. The molecule has 6 heteroatoms. The molecule has 4 nitrogen and oxygen atoms in total. The number of aliphatic imine (C=N–C) groups is 1. The van der Waals surface area contributed by atoms with Gasteiger partial charge in [-0.1, -0.05) is 28.4 Å². The first kappa shape index (κ1) is 17.6. The van der Waals surface area contributed by atoms with Crippen molar-refractivity contribution in [1.29, 1.82) is 0 Å². The number of hydrogen-bond acceptors (Lipinski definition) is 2. The highest BCUT2D eigenvalue weighted by atomic mass is 127. The molecule has 1 saturated carbocycles. The van der Waals surface area contributed by atoms with E-state index in [0.29, 0.717) is 19.1 Å². The van der Waals surface area contributed by atoms with Crippen LogP contribution in [0.25, 0.3) is 0 Å².